The maximum absolute atomic E-state index is 13.6. The quantitative estimate of drug-likeness (QED) is 0.652. The van der Waals surface area contributed by atoms with E-state index >= 15 is 0 Å². The monoisotopic (exact) mass is 341 g/mol. The van der Waals surface area contributed by atoms with Crippen LogP contribution in [0.5, 0.6) is 11.5 Å². The molecular formula is C23H19NO2. The summed E-state index contributed by atoms with van der Waals surface area (Å²) < 4.78 is 6.03. The largest absolute Gasteiger partial charge is 0.457 e. The van der Waals surface area contributed by atoms with Gasteiger partial charge < -0.3 is 9.64 Å². The predicted octanol–water partition coefficient (Wildman–Crippen LogP) is 4.51. The molecule has 3 heteroatoms. The number of hydrogen-bond donors (Lipinski definition) is 0. The number of carbonyl (C=O) groups excluding carboxylic acids is 1. The van der Waals surface area contributed by atoms with Crippen molar-refractivity contribution in [3.8, 4) is 11.5 Å². The van der Waals surface area contributed by atoms with Crippen molar-refractivity contribution in [3.63, 3.8) is 0 Å². The minimum Gasteiger partial charge on any atom is -0.457 e. The summed E-state index contributed by atoms with van der Waals surface area (Å²) in [5, 5.41) is 0. The van der Waals surface area contributed by atoms with E-state index in [4.69, 9.17) is 4.74 Å². The van der Waals surface area contributed by atoms with Crippen molar-refractivity contribution in [1.29, 1.82) is 0 Å². The highest BCUT2D eigenvalue weighted by atomic mass is 16.5. The molecule has 128 valence electrons. The molecule has 2 heterocycles. The maximum Gasteiger partial charge on any atom is 0.235 e. The first kappa shape index (κ1) is 15.2. The molecule has 2 aliphatic heterocycles. The molecule has 0 bridgehead atoms. The Balaban J connectivity index is 1.55. The molecule has 0 fully saturated rings. The van der Waals surface area contributed by atoms with Crippen molar-refractivity contribution in [2.45, 2.75) is 18.9 Å². The SMILES string of the molecule is O=C(C1c2ccccc2Oc2ccccc21)N1CCc2ccccc2C1. The first-order valence-electron chi connectivity index (χ1n) is 9.02. The van der Waals surface area contributed by atoms with E-state index in [1.54, 1.807) is 0 Å². The van der Waals surface area contributed by atoms with Gasteiger partial charge in [0.25, 0.3) is 0 Å². The fourth-order valence-corrected chi connectivity index (χ4v) is 4.04. The number of ether oxygens (including phenoxy) is 1. The summed E-state index contributed by atoms with van der Waals surface area (Å²) in [5.41, 5.74) is 4.51. The van der Waals surface area contributed by atoms with E-state index < -0.39 is 0 Å². The van der Waals surface area contributed by atoms with Crippen LogP contribution < -0.4 is 4.74 Å². The van der Waals surface area contributed by atoms with Gasteiger partial charge in [0, 0.05) is 24.2 Å². The zero-order valence-electron chi connectivity index (χ0n) is 14.4. The fourth-order valence-electron chi connectivity index (χ4n) is 4.04. The molecule has 0 radical (unpaired) electrons. The molecule has 3 aromatic rings. The Kier molecular flexibility index (Phi) is 3.52. The number of benzene rings is 3. The number of para-hydroxylation sites is 2. The lowest BCUT2D eigenvalue weighted by atomic mass is 9.86. The van der Waals surface area contributed by atoms with E-state index in [9.17, 15) is 4.79 Å². The van der Waals surface area contributed by atoms with Crippen LogP contribution in [0.25, 0.3) is 0 Å². The van der Waals surface area contributed by atoms with Crippen LogP contribution in [0.15, 0.2) is 72.8 Å². The van der Waals surface area contributed by atoms with Gasteiger partial charge in [-0.05, 0) is 29.7 Å². The van der Waals surface area contributed by atoms with E-state index in [0.717, 1.165) is 35.6 Å². The Labute approximate surface area is 152 Å². The van der Waals surface area contributed by atoms with Crippen molar-refractivity contribution < 1.29 is 9.53 Å². The molecule has 0 aliphatic carbocycles. The summed E-state index contributed by atoms with van der Waals surface area (Å²) in [5.74, 6) is 1.41. The first-order chi connectivity index (χ1) is 12.8. The molecule has 1 amide bonds. The summed E-state index contributed by atoms with van der Waals surface area (Å²) in [6.45, 7) is 1.44. The van der Waals surface area contributed by atoms with E-state index in [1.165, 1.54) is 11.1 Å². The van der Waals surface area contributed by atoms with Crippen molar-refractivity contribution in [2.24, 2.45) is 0 Å². The molecule has 0 saturated carbocycles. The lowest BCUT2D eigenvalue weighted by molar-refractivity contribution is -0.132. The average Bonchev–Trinajstić information content (AvgIpc) is 2.71. The zero-order valence-corrected chi connectivity index (χ0v) is 14.4. The summed E-state index contributed by atoms with van der Waals surface area (Å²) in [7, 11) is 0. The van der Waals surface area contributed by atoms with Gasteiger partial charge in [0.1, 0.15) is 11.5 Å². The van der Waals surface area contributed by atoms with Crippen LogP contribution >= 0.6 is 0 Å². The van der Waals surface area contributed by atoms with Crippen molar-refractivity contribution in [3.05, 3.63) is 95.1 Å². The minimum absolute atomic E-state index is 0.155. The van der Waals surface area contributed by atoms with Gasteiger partial charge in [-0.1, -0.05) is 60.7 Å². The van der Waals surface area contributed by atoms with Gasteiger partial charge in [-0.2, -0.15) is 0 Å². The second-order valence-corrected chi connectivity index (χ2v) is 6.89. The van der Waals surface area contributed by atoms with Crippen molar-refractivity contribution in [2.75, 3.05) is 6.54 Å². The van der Waals surface area contributed by atoms with Crippen LogP contribution in [0.4, 0.5) is 0 Å². The number of nitrogens with zero attached hydrogens (tertiary/aromatic N) is 1. The lowest BCUT2D eigenvalue weighted by Crippen LogP contribution is -2.40. The van der Waals surface area contributed by atoms with Crippen LogP contribution in [0.3, 0.4) is 0 Å². The zero-order chi connectivity index (χ0) is 17.5. The Morgan fingerprint density at radius 1 is 0.808 bits per heavy atom. The van der Waals surface area contributed by atoms with Crippen LogP contribution in [0, 0.1) is 0 Å². The van der Waals surface area contributed by atoms with Gasteiger partial charge in [-0.3, -0.25) is 4.79 Å². The van der Waals surface area contributed by atoms with Crippen LogP contribution in [-0.4, -0.2) is 17.4 Å². The molecule has 0 N–H and O–H groups in total. The van der Waals surface area contributed by atoms with E-state index in [-0.39, 0.29) is 11.8 Å². The van der Waals surface area contributed by atoms with Gasteiger partial charge in [-0.15, -0.1) is 0 Å². The number of hydrogen-bond acceptors (Lipinski definition) is 2. The van der Waals surface area contributed by atoms with Gasteiger partial charge in [0.2, 0.25) is 5.91 Å². The second kappa shape index (κ2) is 6.03. The lowest BCUT2D eigenvalue weighted by Gasteiger charge is -2.34. The van der Waals surface area contributed by atoms with Crippen LogP contribution in [0.1, 0.15) is 28.2 Å². The Bertz CT molecular complexity index is 949. The number of fused-ring (bicyclic) bond motifs is 3. The average molecular weight is 341 g/mol. The molecule has 26 heavy (non-hydrogen) atoms. The van der Waals surface area contributed by atoms with Crippen LogP contribution in [-0.2, 0) is 17.8 Å². The van der Waals surface area contributed by atoms with Gasteiger partial charge in [0.05, 0.1) is 5.92 Å². The third kappa shape index (κ3) is 2.39. The molecule has 0 spiro atoms. The maximum atomic E-state index is 13.6. The van der Waals surface area contributed by atoms with Crippen LogP contribution in [0.2, 0.25) is 0 Å². The standard InChI is InChI=1S/C23H19NO2/c25-23(24-14-13-16-7-1-2-8-17(16)15-24)22-18-9-3-5-11-20(18)26-21-12-6-4-10-19(21)22/h1-12,22H,13-15H2. The highest BCUT2D eigenvalue weighted by Crippen LogP contribution is 2.45. The molecule has 0 saturated heterocycles. The highest BCUT2D eigenvalue weighted by molar-refractivity contribution is 5.90. The smallest absolute Gasteiger partial charge is 0.235 e. The van der Waals surface area contributed by atoms with Gasteiger partial charge >= 0.3 is 0 Å². The van der Waals surface area contributed by atoms with Gasteiger partial charge in [-0.25, -0.2) is 0 Å². The molecule has 0 unspecified atom stereocenters. The molecule has 3 nitrogen and oxygen atoms in total. The number of rotatable bonds is 1. The summed E-state index contributed by atoms with van der Waals surface area (Å²) in [4.78, 5) is 15.6. The Hall–Kier alpha value is -3.07. The number of carbonyl (C=O) groups is 1. The van der Waals surface area contributed by atoms with Gasteiger partial charge in [0.15, 0.2) is 0 Å². The summed E-state index contributed by atoms with van der Waals surface area (Å²) in [6, 6.07) is 24.1. The Morgan fingerprint density at radius 3 is 2.08 bits per heavy atom. The molecule has 0 atom stereocenters. The summed E-state index contributed by atoms with van der Waals surface area (Å²) in [6.07, 6.45) is 0.911. The predicted molar refractivity (Wildman–Crippen MR) is 100 cm³/mol. The Morgan fingerprint density at radius 2 is 1.38 bits per heavy atom. The molecule has 5 rings (SSSR count). The normalized spacial score (nSPS) is 15.5. The number of amides is 1. The fraction of sp³-hybridized carbons (Fsp3) is 0.174. The third-order valence-corrected chi connectivity index (χ3v) is 5.37. The second-order valence-electron chi connectivity index (χ2n) is 6.89. The molecular weight excluding hydrogens is 322 g/mol. The van der Waals surface area contributed by atoms with E-state index in [2.05, 4.69) is 18.2 Å². The van der Waals surface area contributed by atoms with Crippen molar-refractivity contribution in [1.82, 2.24) is 4.90 Å². The van der Waals surface area contributed by atoms with E-state index in [0.29, 0.717) is 6.54 Å². The highest BCUT2D eigenvalue weighted by Gasteiger charge is 2.35. The molecule has 3 aromatic carbocycles. The first-order valence-corrected chi connectivity index (χ1v) is 9.02. The summed E-state index contributed by atoms with van der Waals surface area (Å²) >= 11 is 0. The third-order valence-electron chi connectivity index (χ3n) is 5.37. The van der Waals surface area contributed by atoms with E-state index in [1.807, 2.05) is 59.5 Å². The topological polar surface area (TPSA) is 29.5 Å². The molecule has 0 aromatic heterocycles. The minimum atomic E-state index is -0.304. The van der Waals surface area contributed by atoms with Crippen molar-refractivity contribution >= 4 is 5.91 Å². The molecule has 2 aliphatic rings.